The average Bonchev–Trinajstić information content (AvgIpc) is 2.57. The molecule has 0 spiro atoms. The normalized spacial score (nSPS) is 10.5. The molecule has 1 heterocycles. The molecule has 0 saturated heterocycles. The van der Waals surface area contributed by atoms with Crippen LogP contribution in [-0.4, -0.2) is 10.8 Å². The molecule has 0 saturated carbocycles. The van der Waals surface area contributed by atoms with Crippen LogP contribution in [0.25, 0.3) is 11.3 Å². The molecule has 3 nitrogen and oxygen atoms in total. The van der Waals surface area contributed by atoms with Crippen LogP contribution in [0.5, 0.6) is 0 Å². The molecule has 23 heavy (non-hydrogen) atoms. The van der Waals surface area contributed by atoms with Crippen molar-refractivity contribution >= 4 is 33.3 Å². The van der Waals surface area contributed by atoms with Crippen molar-refractivity contribution in [2.45, 2.75) is 6.54 Å². The van der Waals surface area contributed by atoms with Crippen molar-refractivity contribution in [3.05, 3.63) is 82.2 Å². The van der Waals surface area contributed by atoms with Gasteiger partial charge in [-0.2, -0.15) is 0 Å². The lowest BCUT2D eigenvalue weighted by atomic mass is 10.1. The molecular formula is C18H13BrClN2O+. The smallest absolute Gasteiger partial charge is 0.287 e. The first-order valence-corrected chi connectivity index (χ1v) is 8.19. The van der Waals surface area contributed by atoms with Crippen LogP contribution >= 0.6 is 27.5 Å². The Morgan fingerprint density at radius 2 is 1.83 bits per heavy atom. The molecule has 114 valence electrons. The van der Waals surface area contributed by atoms with E-state index in [1.807, 2.05) is 48.7 Å². The summed E-state index contributed by atoms with van der Waals surface area (Å²) in [6.07, 6.45) is 3.48. The number of hydrogen-bond acceptors (Lipinski definition) is 2. The third-order valence-electron chi connectivity index (χ3n) is 3.41. The fourth-order valence-corrected chi connectivity index (χ4v) is 2.70. The molecule has 0 bridgehead atoms. The van der Waals surface area contributed by atoms with Crippen LogP contribution in [0.3, 0.4) is 0 Å². The zero-order valence-corrected chi connectivity index (χ0v) is 14.5. The van der Waals surface area contributed by atoms with Crippen molar-refractivity contribution in [2.24, 2.45) is 0 Å². The molecule has 0 aliphatic carbocycles. The van der Waals surface area contributed by atoms with Gasteiger partial charge in [-0.1, -0.05) is 51.8 Å². The van der Waals surface area contributed by atoms with E-state index in [2.05, 4.69) is 20.9 Å². The monoisotopic (exact) mass is 387 g/mol. The van der Waals surface area contributed by atoms with E-state index < -0.39 is 0 Å². The molecule has 0 aliphatic heterocycles. The summed E-state index contributed by atoms with van der Waals surface area (Å²) in [4.78, 5) is 16.6. The maximum Gasteiger partial charge on any atom is 0.287 e. The van der Waals surface area contributed by atoms with Crippen LogP contribution < -0.4 is 4.57 Å². The summed E-state index contributed by atoms with van der Waals surface area (Å²) >= 11 is 9.53. The van der Waals surface area contributed by atoms with Crippen LogP contribution in [-0.2, 0) is 6.54 Å². The molecule has 1 aromatic heterocycles. The van der Waals surface area contributed by atoms with Crippen LogP contribution in [0.4, 0.5) is 0 Å². The van der Waals surface area contributed by atoms with Crippen molar-refractivity contribution in [3.63, 3.8) is 0 Å². The minimum absolute atomic E-state index is 0.0368. The van der Waals surface area contributed by atoms with E-state index in [1.54, 1.807) is 23.0 Å². The van der Waals surface area contributed by atoms with Crippen molar-refractivity contribution in [1.29, 1.82) is 0 Å². The Kier molecular flexibility index (Phi) is 4.84. The van der Waals surface area contributed by atoms with Gasteiger partial charge in [-0.05, 0) is 29.2 Å². The van der Waals surface area contributed by atoms with Gasteiger partial charge in [-0.15, -0.1) is 0 Å². The van der Waals surface area contributed by atoms with E-state index in [0.717, 1.165) is 15.7 Å². The fraction of sp³-hybridized carbons (Fsp3) is 0.0556. The van der Waals surface area contributed by atoms with Crippen molar-refractivity contribution in [1.82, 2.24) is 4.98 Å². The Hall–Kier alpha value is -2.04. The zero-order chi connectivity index (χ0) is 16.2. The minimum Gasteiger partial charge on any atom is -0.290 e. The largest absolute Gasteiger partial charge is 0.290 e. The van der Waals surface area contributed by atoms with Gasteiger partial charge in [-0.3, -0.25) is 4.79 Å². The van der Waals surface area contributed by atoms with E-state index in [9.17, 15) is 4.79 Å². The highest BCUT2D eigenvalue weighted by Crippen LogP contribution is 2.24. The molecule has 0 aliphatic rings. The van der Waals surface area contributed by atoms with E-state index in [0.29, 0.717) is 10.6 Å². The van der Waals surface area contributed by atoms with Gasteiger partial charge in [0.1, 0.15) is 0 Å². The molecule has 0 radical (unpaired) electrons. The molecule has 3 aromatic rings. The molecule has 0 N–H and O–H groups in total. The van der Waals surface area contributed by atoms with Crippen LogP contribution in [0.1, 0.15) is 10.4 Å². The number of halogens is 2. The predicted molar refractivity (Wildman–Crippen MR) is 93.4 cm³/mol. The number of carbonyl (C=O) groups is 1. The third-order valence-corrected chi connectivity index (χ3v) is 4.27. The molecular weight excluding hydrogens is 376 g/mol. The van der Waals surface area contributed by atoms with Crippen molar-refractivity contribution in [3.8, 4) is 11.3 Å². The second kappa shape index (κ2) is 7.02. The van der Waals surface area contributed by atoms with E-state index in [4.69, 9.17) is 11.6 Å². The maximum atomic E-state index is 12.2. The number of Topliss-reactive ketones (excluding diaryl/α,β-unsaturated/α-hetero) is 1. The highest BCUT2D eigenvalue weighted by Gasteiger charge is 2.13. The van der Waals surface area contributed by atoms with Gasteiger partial charge in [0.15, 0.2) is 12.2 Å². The third kappa shape index (κ3) is 3.84. The highest BCUT2D eigenvalue weighted by molar-refractivity contribution is 9.10. The summed E-state index contributed by atoms with van der Waals surface area (Å²) in [5.74, 6) is 0.0368. The average molecular weight is 389 g/mol. The van der Waals surface area contributed by atoms with Crippen LogP contribution in [0, 0.1) is 0 Å². The number of carbonyl (C=O) groups excluding carboxylic acids is 1. The number of ketones is 1. The molecule has 0 amide bonds. The SMILES string of the molecule is O=C(C[n+]1ccc(-c2ccccc2Cl)nc1)c1ccc(Br)cc1. The molecule has 0 fully saturated rings. The van der Waals surface area contributed by atoms with Gasteiger partial charge in [0, 0.05) is 21.7 Å². The van der Waals surface area contributed by atoms with Gasteiger partial charge >= 0.3 is 0 Å². The van der Waals surface area contributed by atoms with Gasteiger partial charge in [0.2, 0.25) is 5.78 Å². The van der Waals surface area contributed by atoms with E-state index >= 15 is 0 Å². The molecule has 3 rings (SSSR count). The summed E-state index contributed by atoms with van der Waals surface area (Å²) in [5, 5.41) is 0.656. The quantitative estimate of drug-likeness (QED) is 0.492. The number of nitrogens with zero attached hydrogens (tertiary/aromatic N) is 2. The highest BCUT2D eigenvalue weighted by atomic mass is 79.9. The molecule has 2 aromatic carbocycles. The van der Waals surface area contributed by atoms with Gasteiger partial charge in [0.25, 0.3) is 6.33 Å². The summed E-state index contributed by atoms with van der Waals surface area (Å²) in [5.41, 5.74) is 2.33. The Bertz CT molecular complexity index is 832. The number of rotatable bonds is 4. The van der Waals surface area contributed by atoms with Gasteiger partial charge < -0.3 is 0 Å². The lowest BCUT2D eigenvalue weighted by molar-refractivity contribution is -0.686. The van der Waals surface area contributed by atoms with E-state index in [1.165, 1.54) is 0 Å². The fourth-order valence-electron chi connectivity index (χ4n) is 2.20. The summed E-state index contributed by atoms with van der Waals surface area (Å²) in [7, 11) is 0. The predicted octanol–water partition coefficient (Wildman–Crippen LogP) is 4.33. The second-order valence-corrected chi connectivity index (χ2v) is 6.35. The first-order chi connectivity index (χ1) is 11.1. The lowest BCUT2D eigenvalue weighted by Gasteiger charge is -2.02. The van der Waals surface area contributed by atoms with Gasteiger partial charge in [-0.25, -0.2) is 4.57 Å². The Balaban J connectivity index is 1.76. The maximum absolute atomic E-state index is 12.2. The number of benzene rings is 2. The summed E-state index contributed by atoms with van der Waals surface area (Å²) < 4.78 is 2.71. The van der Waals surface area contributed by atoms with Crippen LogP contribution in [0.2, 0.25) is 5.02 Å². The summed E-state index contributed by atoms with van der Waals surface area (Å²) in [6.45, 7) is 0.247. The number of aromatic nitrogens is 2. The second-order valence-electron chi connectivity index (χ2n) is 5.03. The minimum atomic E-state index is 0.0368. The van der Waals surface area contributed by atoms with Crippen molar-refractivity contribution in [2.75, 3.05) is 0 Å². The van der Waals surface area contributed by atoms with Gasteiger partial charge in [0.05, 0.1) is 11.2 Å². The topological polar surface area (TPSA) is 33.8 Å². The molecule has 0 unspecified atom stereocenters. The Morgan fingerprint density at radius 3 is 2.48 bits per heavy atom. The molecule has 5 heteroatoms. The first kappa shape index (κ1) is 15.8. The van der Waals surface area contributed by atoms with Crippen molar-refractivity contribution < 1.29 is 9.36 Å². The lowest BCUT2D eigenvalue weighted by Crippen LogP contribution is -2.37. The van der Waals surface area contributed by atoms with Crippen LogP contribution in [0.15, 0.2) is 71.6 Å². The number of hydrogen-bond donors (Lipinski definition) is 0. The Labute approximate surface area is 147 Å². The summed E-state index contributed by atoms with van der Waals surface area (Å²) in [6, 6.07) is 16.7. The Morgan fingerprint density at radius 1 is 1.09 bits per heavy atom. The molecule has 0 atom stereocenters. The van der Waals surface area contributed by atoms with E-state index in [-0.39, 0.29) is 12.3 Å². The zero-order valence-electron chi connectivity index (χ0n) is 12.1. The standard InChI is InChI=1S/C18H13BrClN2O/c19-14-7-5-13(6-8-14)18(23)11-22-10-9-17(21-12-22)15-3-1-2-4-16(15)20/h1-10,12H,11H2/q+1. The first-order valence-electron chi connectivity index (χ1n) is 7.02.